The highest BCUT2D eigenvalue weighted by molar-refractivity contribution is 6.31. The number of halogens is 1. The highest BCUT2D eigenvalue weighted by Crippen LogP contribution is 2.34. The molecule has 1 N–H and O–H groups in total. The molecule has 3 nitrogen and oxygen atoms in total. The van der Waals surface area contributed by atoms with E-state index < -0.39 is 11.6 Å². The first-order valence-electron chi connectivity index (χ1n) is 6.22. The molecule has 2 rings (SSSR count). The number of hydrogen-bond donors (Lipinski definition) is 1. The monoisotopic (exact) mass is 268 g/mol. The minimum absolute atomic E-state index is 0.573. The average molecular weight is 269 g/mol. The van der Waals surface area contributed by atoms with Crippen molar-refractivity contribution >= 4 is 17.6 Å². The summed E-state index contributed by atoms with van der Waals surface area (Å²) in [6, 6.07) is 5.26. The van der Waals surface area contributed by atoms with Crippen molar-refractivity contribution in [3.05, 3.63) is 28.8 Å². The Bertz CT molecular complexity index is 450. The van der Waals surface area contributed by atoms with Crippen molar-refractivity contribution in [2.75, 3.05) is 0 Å². The first-order valence-corrected chi connectivity index (χ1v) is 6.60. The summed E-state index contributed by atoms with van der Waals surface area (Å²) in [5.41, 5.74) is -0.163. The number of carbonyl (C=O) groups is 1. The molecule has 1 saturated carbocycles. The van der Waals surface area contributed by atoms with Crippen molar-refractivity contribution < 1.29 is 14.6 Å². The molecule has 1 aromatic rings. The third-order valence-corrected chi connectivity index (χ3v) is 3.92. The molecule has 0 aliphatic heterocycles. The SMILES string of the molecule is Cc1cc(OC2(C(=O)O)CCCCC2)ccc1Cl. The van der Waals surface area contributed by atoms with Crippen LogP contribution in [0.2, 0.25) is 5.02 Å². The van der Waals surface area contributed by atoms with Crippen molar-refractivity contribution in [2.45, 2.75) is 44.6 Å². The van der Waals surface area contributed by atoms with Gasteiger partial charge in [0.25, 0.3) is 0 Å². The number of ether oxygens (including phenoxy) is 1. The van der Waals surface area contributed by atoms with Gasteiger partial charge in [-0.25, -0.2) is 4.79 Å². The molecular formula is C14H17ClO3. The summed E-state index contributed by atoms with van der Waals surface area (Å²) >= 11 is 5.95. The maximum Gasteiger partial charge on any atom is 0.348 e. The van der Waals surface area contributed by atoms with Gasteiger partial charge in [0.05, 0.1) is 0 Å². The van der Waals surface area contributed by atoms with E-state index >= 15 is 0 Å². The van der Waals surface area contributed by atoms with Crippen LogP contribution in [-0.2, 0) is 4.79 Å². The summed E-state index contributed by atoms with van der Waals surface area (Å²) in [7, 11) is 0. The van der Waals surface area contributed by atoms with Crippen LogP contribution < -0.4 is 4.74 Å². The number of aliphatic carboxylic acids is 1. The van der Waals surface area contributed by atoms with E-state index in [4.69, 9.17) is 16.3 Å². The molecule has 0 unspecified atom stereocenters. The summed E-state index contributed by atoms with van der Waals surface area (Å²) in [6.07, 6.45) is 4.03. The Morgan fingerprint density at radius 1 is 1.33 bits per heavy atom. The molecule has 0 saturated heterocycles. The lowest BCUT2D eigenvalue weighted by atomic mass is 9.84. The number of benzene rings is 1. The number of aryl methyl sites for hydroxylation is 1. The van der Waals surface area contributed by atoms with Crippen LogP contribution in [0, 0.1) is 6.92 Å². The molecule has 4 heteroatoms. The second-order valence-electron chi connectivity index (χ2n) is 4.87. The molecule has 0 heterocycles. The van der Waals surface area contributed by atoms with Crippen molar-refractivity contribution in [1.82, 2.24) is 0 Å². The molecule has 0 atom stereocenters. The summed E-state index contributed by atoms with van der Waals surface area (Å²) in [5.74, 6) is -0.281. The van der Waals surface area contributed by atoms with E-state index in [1.165, 1.54) is 0 Å². The molecule has 0 bridgehead atoms. The van der Waals surface area contributed by atoms with Gasteiger partial charge in [-0.15, -0.1) is 0 Å². The van der Waals surface area contributed by atoms with Gasteiger partial charge in [-0.1, -0.05) is 18.0 Å². The van der Waals surface area contributed by atoms with Gasteiger partial charge in [0.2, 0.25) is 5.60 Å². The predicted octanol–water partition coefficient (Wildman–Crippen LogP) is 3.81. The molecular weight excluding hydrogens is 252 g/mol. The van der Waals surface area contributed by atoms with Gasteiger partial charge in [0.15, 0.2) is 0 Å². The van der Waals surface area contributed by atoms with E-state index in [0.717, 1.165) is 24.8 Å². The molecule has 0 aromatic heterocycles. The van der Waals surface area contributed by atoms with E-state index in [1.54, 1.807) is 18.2 Å². The zero-order chi connectivity index (χ0) is 13.2. The van der Waals surface area contributed by atoms with Crippen molar-refractivity contribution in [3.63, 3.8) is 0 Å². The molecule has 1 aromatic carbocycles. The Morgan fingerprint density at radius 2 is 2.00 bits per heavy atom. The van der Waals surface area contributed by atoms with Gasteiger partial charge >= 0.3 is 5.97 Å². The maximum absolute atomic E-state index is 11.5. The second-order valence-corrected chi connectivity index (χ2v) is 5.28. The van der Waals surface area contributed by atoms with Crippen LogP contribution in [0.5, 0.6) is 5.75 Å². The average Bonchev–Trinajstić information content (AvgIpc) is 2.35. The number of carboxylic acid groups (broad SMARTS) is 1. The Morgan fingerprint density at radius 3 is 2.56 bits per heavy atom. The van der Waals surface area contributed by atoms with Crippen LogP contribution in [0.15, 0.2) is 18.2 Å². The van der Waals surface area contributed by atoms with Gasteiger partial charge in [0, 0.05) is 5.02 Å². The van der Waals surface area contributed by atoms with E-state index in [9.17, 15) is 9.90 Å². The third kappa shape index (κ3) is 2.61. The standard InChI is InChI=1S/C14H17ClO3/c1-10-9-11(5-6-12(10)15)18-14(13(16)17)7-3-2-4-8-14/h5-6,9H,2-4,7-8H2,1H3,(H,16,17). The van der Waals surface area contributed by atoms with Crippen LogP contribution in [0.1, 0.15) is 37.7 Å². The van der Waals surface area contributed by atoms with Crippen LogP contribution in [-0.4, -0.2) is 16.7 Å². The summed E-state index contributed by atoms with van der Waals surface area (Å²) < 4.78 is 5.78. The van der Waals surface area contributed by atoms with E-state index in [0.29, 0.717) is 23.6 Å². The van der Waals surface area contributed by atoms with Crippen molar-refractivity contribution in [2.24, 2.45) is 0 Å². The van der Waals surface area contributed by atoms with Gasteiger partial charge in [0.1, 0.15) is 5.75 Å². The van der Waals surface area contributed by atoms with Crippen LogP contribution >= 0.6 is 11.6 Å². The van der Waals surface area contributed by atoms with E-state index in [2.05, 4.69) is 0 Å². The third-order valence-electron chi connectivity index (χ3n) is 3.49. The minimum atomic E-state index is -1.06. The van der Waals surface area contributed by atoms with Gasteiger partial charge in [-0.3, -0.25) is 0 Å². The van der Waals surface area contributed by atoms with E-state index in [-0.39, 0.29) is 0 Å². The fraction of sp³-hybridized carbons (Fsp3) is 0.500. The maximum atomic E-state index is 11.5. The Kier molecular flexibility index (Phi) is 3.81. The van der Waals surface area contributed by atoms with Crippen molar-refractivity contribution in [3.8, 4) is 5.75 Å². The van der Waals surface area contributed by atoms with Gasteiger partial charge < -0.3 is 9.84 Å². The number of carboxylic acids is 1. The fourth-order valence-corrected chi connectivity index (χ4v) is 2.51. The predicted molar refractivity (Wildman–Crippen MR) is 70.3 cm³/mol. The van der Waals surface area contributed by atoms with Gasteiger partial charge in [-0.2, -0.15) is 0 Å². The van der Waals surface area contributed by atoms with E-state index in [1.807, 2.05) is 6.92 Å². The molecule has 1 aliphatic carbocycles. The lowest BCUT2D eigenvalue weighted by Crippen LogP contribution is -2.46. The Hall–Kier alpha value is -1.22. The number of rotatable bonds is 3. The summed E-state index contributed by atoms with van der Waals surface area (Å²) in [5, 5.41) is 10.1. The molecule has 0 amide bonds. The fourth-order valence-electron chi connectivity index (χ4n) is 2.39. The molecule has 1 fully saturated rings. The molecule has 98 valence electrons. The van der Waals surface area contributed by atoms with Gasteiger partial charge in [-0.05, 0) is 56.4 Å². The van der Waals surface area contributed by atoms with Crippen LogP contribution in [0.4, 0.5) is 0 Å². The minimum Gasteiger partial charge on any atom is -0.478 e. The smallest absolute Gasteiger partial charge is 0.348 e. The zero-order valence-corrected chi connectivity index (χ0v) is 11.2. The summed E-state index contributed by atoms with van der Waals surface area (Å²) in [4.78, 5) is 11.5. The largest absolute Gasteiger partial charge is 0.478 e. The lowest BCUT2D eigenvalue weighted by Gasteiger charge is -2.33. The van der Waals surface area contributed by atoms with Crippen LogP contribution in [0.25, 0.3) is 0 Å². The highest BCUT2D eigenvalue weighted by Gasteiger charge is 2.42. The molecule has 0 radical (unpaired) electrons. The normalized spacial score (nSPS) is 18.3. The second kappa shape index (κ2) is 5.19. The zero-order valence-electron chi connectivity index (χ0n) is 10.4. The molecule has 1 aliphatic rings. The number of hydrogen-bond acceptors (Lipinski definition) is 2. The molecule has 18 heavy (non-hydrogen) atoms. The molecule has 0 spiro atoms. The Labute approximate surface area is 112 Å². The highest BCUT2D eigenvalue weighted by atomic mass is 35.5. The Balaban J connectivity index is 2.23. The quantitative estimate of drug-likeness (QED) is 0.907. The first kappa shape index (κ1) is 13.2. The topological polar surface area (TPSA) is 46.5 Å². The lowest BCUT2D eigenvalue weighted by molar-refractivity contribution is -0.158. The first-order chi connectivity index (χ1) is 8.53. The summed E-state index contributed by atoms with van der Waals surface area (Å²) in [6.45, 7) is 1.88. The van der Waals surface area contributed by atoms with Crippen LogP contribution in [0.3, 0.4) is 0 Å². The van der Waals surface area contributed by atoms with Crippen molar-refractivity contribution in [1.29, 1.82) is 0 Å².